The standard InChI is InChI=1S/C12H22N2O/c1-3-4-5-6-7-8-12(15)11-9-10-13-14(11)2/h9-10,12,15H,3-8H2,1-2H3. The second-order valence-corrected chi connectivity index (χ2v) is 4.10. The summed E-state index contributed by atoms with van der Waals surface area (Å²) in [6.07, 6.45) is 8.42. The molecule has 0 saturated carbocycles. The van der Waals surface area contributed by atoms with Crippen LogP contribution >= 0.6 is 0 Å². The lowest BCUT2D eigenvalue weighted by Crippen LogP contribution is -2.05. The average molecular weight is 210 g/mol. The zero-order chi connectivity index (χ0) is 11.1. The van der Waals surface area contributed by atoms with Gasteiger partial charge in [-0.3, -0.25) is 4.68 Å². The van der Waals surface area contributed by atoms with Crippen molar-refractivity contribution in [1.29, 1.82) is 0 Å². The molecule has 1 unspecified atom stereocenters. The molecule has 0 saturated heterocycles. The van der Waals surface area contributed by atoms with Crippen LogP contribution in [-0.2, 0) is 7.05 Å². The molecule has 3 heteroatoms. The lowest BCUT2D eigenvalue weighted by atomic mass is 10.1. The monoisotopic (exact) mass is 210 g/mol. The van der Waals surface area contributed by atoms with E-state index in [1.54, 1.807) is 10.9 Å². The highest BCUT2D eigenvalue weighted by atomic mass is 16.3. The largest absolute Gasteiger partial charge is 0.387 e. The zero-order valence-corrected chi connectivity index (χ0v) is 9.82. The molecule has 0 aliphatic carbocycles. The predicted molar refractivity (Wildman–Crippen MR) is 61.5 cm³/mol. The lowest BCUT2D eigenvalue weighted by molar-refractivity contribution is 0.154. The first-order valence-corrected chi connectivity index (χ1v) is 5.91. The number of rotatable bonds is 7. The van der Waals surface area contributed by atoms with Crippen molar-refractivity contribution < 1.29 is 5.11 Å². The molecule has 0 spiro atoms. The number of aromatic nitrogens is 2. The minimum absolute atomic E-state index is 0.348. The van der Waals surface area contributed by atoms with Crippen LogP contribution in [0.1, 0.15) is 57.2 Å². The van der Waals surface area contributed by atoms with Crippen LogP contribution in [0.5, 0.6) is 0 Å². The van der Waals surface area contributed by atoms with Gasteiger partial charge < -0.3 is 5.11 Å². The number of aliphatic hydroxyl groups excluding tert-OH is 1. The van der Waals surface area contributed by atoms with Crippen molar-refractivity contribution in [3.8, 4) is 0 Å². The first-order chi connectivity index (χ1) is 7.25. The molecule has 3 nitrogen and oxygen atoms in total. The summed E-state index contributed by atoms with van der Waals surface area (Å²) in [7, 11) is 1.87. The summed E-state index contributed by atoms with van der Waals surface area (Å²) >= 11 is 0. The Morgan fingerprint density at radius 3 is 2.67 bits per heavy atom. The molecule has 0 fully saturated rings. The molecule has 1 rings (SSSR count). The number of hydrogen-bond donors (Lipinski definition) is 1. The van der Waals surface area contributed by atoms with Gasteiger partial charge in [0.2, 0.25) is 0 Å². The summed E-state index contributed by atoms with van der Waals surface area (Å²) in [6, 6.07) is 1.89. The molecular formula is C12H22N2O. The second-order valence-electron chi connectivity index (χ2n) is 4.10. The van der Waals surface area contributed by atoms with E-state index in [9.17, 15) is 5.11 Å². The van der Waals surface area contributed by atoms with Crippen molar-refractivity contribution >= 4 is 0 Å². The van der Waals surface area contributed by atoms with E-state index in [1.807, 2.05) is 13.1 Å². The van der Waals surface area contributed by atoms with E-state index in [-0.39, 0.29) is 6.10 Å². The van der Waals surface area contributed by atoms with Gasteiger partial charge in [0.05, 0.1) is 11.8 Å². The maximum atomic E-state index is 9.89. The molecule has 0 radical (unpaired) electrons. The highest BCUT2D eigenvalue weighted by molar-refractivity contribution is 5.03. The molecule has 1 heterocycles. The molecule has 0 bridgehead atoms. The maximum Gasteiger partial charge on any atom is 0.0956 e. The van der Waals surface area contributed by atoms with Crippen LogP contribution in [0.2, 0.25) is 0 Å². The van der Waals surface area contributed by atoms with E-state index in [2.05, 4.69) is 12.0 Å². The van der Waals surface area contributed by atoms with Gasteiger partial charge in [0, 0.05) is 13.2 Å². The van der Waals surface area contributed by atoms with Crippen LogP contribution < -0.4 is 0 Å². The van der Waals surface area contributed by atoms with Gasteiger partial charge >= 0.3 is 0 Å². The third-order valence-electron chi connectivity index (χ3n) is 2.78. The lowest BCUT2D eigenvalue weighted by Gasteiger charge is -2.10. The maximum absolute atomic E-state index is 9.89. The van der Waals surface area contributed by atoms with Crippen molar-refractivity contribution in [1.82, 2.24) is 9.78 Å². The smallest absolute Gasteiger partial charge is 0.0956 e. The highest BCUT2D eigenvalue weighted by Gasteiger charge is 2.10. The average Bonchev–Trinajstić information content (AvgIpc) is 2.64. The van der Waals surface area contributed by atoms with Gasteiger partial charge in [0.1, 0.15) is 0 Å². The van der Waals surface area contributed by atoms with E-state index >= 15 is 0 Å². The fourth-order valence-electron chi connectivity index (χ4n) is 1.80. The number of aryl methyl sites for hydroxylation is 1. The highest BCUT2D eigenvalue weighted by Crippen LogP contribution is 2.18. The Bertz CT molecular complexity index is 270. The van der Waals surface area contributed by atoms with E-state index in [0.717, 1.165) is 18.5 Å². The Kier molecular flexibility index (Phi) is 5.40. The Balaban J connectivity index is 2.19. The molecule has 1 aromatic heterocycles. The number of unbranched alkanes of at least 4 members (excludes halogenated alkanes) is 4. The predicted octanol–water partition coefficient (Wildman–Crippen LogP) is 2.81. The van der Waals surface area contributed by atoms with Gasteiger partial charge in [-0.25, -0.2) is 0 Å². The van der Waals surface area contributed by atoms with Crippen LogP contribution in [0.15, 0.2) is 12.3 Å². The van der Waals surface area contributed by atoms with Crippen molar-refractivity contribution in [2.75, 3.05) is 0 Å². The Morgan fingerprint density at radius 2 is 2.07 bits per heavy atom. The van der Waals surface area contributed by atoms with Crippen molar-refractivity contribution in [2.45, 2.75) is 51.6 Å². The van der Waals surface area contributed by atoms with E-state index < -0.39 is 0 Å². The first kappa shape index (κ1) is 12.2. The fraction of sp³-hybridized carbons (Fsp3) is 0.750. The molecule has 0 amide bonds. The van der Waals surface area contributed by atoms with Gasteiger partial charge in [0.25, 0.3) is 0 Å². The van der Waals surface area contributed by atoms with Gasteiger partial charge in [-0.05, 0) is 12.5 Å². The van der Waals surface area contributed by atoms with Gasteiger partial charge in [-0.15, -0.1) is 0 Å². The van der Waals surface area contributed by atoms with Crippen LogP contribution in [0, 0.1) is 0 Å². The van der Waals surface area contributed by atoms with E-state index in [0.29, 0.717) is 0 Å². The summed E-state index contributed by atoms with van der Waals surface area (Å²) < 4.78 is 1.75. The number of hydrogen-bond acceptors (Lipinski definition) is 2. The summed E-state index contributed by atoms with van der Waals surface area (Å²) in [5.41, 5.74) is 0.922. The summed E-state index contributed by atoms with van der Waals surface area (Å²) in [5.74, 6) is 0. The number of aliphatic hydroxyl groups is 1. The molecule has 0 aliphatic rings. The van der Waals surface area contributed by atoms with Crippen LogP contribution in [0.25, 0.3) is 0 Å². The second kappa shape index (κ2) is 6.62. The topological polar surface area (TPSA) is 38.1 Å². The van der Waals surface area contributed by atoms with Crippen LogP contribution in [0.4, 0.5) is 0 Å². The van der Waals surface area contributed by atoms with Crippen LogP contribution in [-0.4, -0.2) is 14.9 Å². The molecular weight excluding hydrogens is 188 g/mol. The minimum atomic E-state index is -0.348. The Labute approximate surface area is 92.1 Å². The molecule has 1 aromatic rings. The molecule has 1 N–H and O–H groups in total. The summed E-state index contributed by atoms with van der Waals surface area (Å²) in [4.78, 5) is 0. The van der Waals surface area contributed by atoms with Crippen LogP contribution in [0.3, 0.4) is 0 Å². The summed E-state index contributed by atoms with van der Waals surface area (Å²) in [6.45, 7) is 2.21. The van der Waals surface area contributed by atoms with Crippen molar-refractivity contribution in [2.24, 2.45) is 7.05 Å². The molecule has 1 atom stereocenters. The molecule has 0 aromatic carbocycles. The normalized spacial score (nSPS) is 13.0. The number of nitrogens with zero attached hydrogens (tertiary/aromatic N) is 2. The van der Waals surface area contributed by atoms with Gasteiger partial charge in [-0.1, -0.05) is 39.0 Å². The molecule has 0 aliphatic heterocycles. The van der Waals surface area contributed by atoms with Crippen molar-refractivity contribution in [3.63, 3.8) is 0 Å². The summed E-state index contributed by atoms with van der Waals surface area (Å²) in [5, 5.41) is 13.9. The molecule has 86 valence electrons. The Morgan fingerprint density at radius 1 is 1.33 bits per heavy atom. The Hall–Kier alpha value is -0.830. The van der Waals surface area contributed by atoms with E-state index in [4.69, 9.17) is 0 Å². The van der Waals surface area contributed by atoms with Crippen molar-refractivity contribution in [3.05, 3.63) is 18.0 Å². The quantitative estimate of drug-likeness (QED) is 0.703. The van der Waals surface area contributed by atoms with Gasteiger partial charge in [-0.2, -0.15) is 5.10 Å². The minimum Gasteiger partial charge on any atom is -0.387 e. The SMILES string of the molecule is CCCCCCCC(O)c1ccnn1C. The third-order valence-corrected chi connectivity index (χ3v) is 2.78. The fourth-order valence-corrected chi connectivity index (χ4v) is 1.80. The van der Waals surface area contributed by atoms with Gasteiger partial charge in [0.15, 0.2) is 0 Å². The zero-order valence-electron chi connectivity index (χ0n) is 9.82. The third kappa shape index (κ3) is 4.04. The first-order valence-electron chi connectivity index (χ1n) is 5.91. The van der Waals surface area contributed by atoms with E-state index in [1.165, 1.54) is 25.7 Å². The molecule has 15 heavy (non-hydrogen) atoms.